The van der Waals surface area contributed by atoms with Gasteiger partial charge in [-0.05, 0) is 25.7 Å². The molecule has 0 aliphatic rings. The summed E-state index contributed by atoms with van der Waals surface area (Å²) in [4.78, 5) is 9.92. The van der Waals surface area contributed by atoms with Gasteiger partial charge in [-0.15, -0.1) is 11.6 Å². The largest absolute Gasteiger partial charge is 1.00 e. The Bertz CT molecular complexity index is 137. The van der Waals surface area contributed by atoms with Crippen LogP contribution in [0.25, 0.3) is 0 Å². The normalized spacial score (nSPS) is 9.75. The zero-order valence-corrected chi connectivity index (χ0v) is 10.1. The van der Waals surface area contributed by atoms with E-state index in [1.165, 1.54) is 0 Å². The van der Waals surface area contributed by atoms with Gasteiger partial charge in [-0.2, -0.15) is 0 Å². The third-order valence-corrected chi connectivity index (χ3v) is 1.45. The monoisotopic (exact) mass is 198 g/mol. The summed E-state index contributed by atoms with van der Waals surface area (Å²) < 4.78 is 0. The average molecular weight is 199 g/mol. The molecule has 0 unspecified atom stereocenters. The van der Waals surface area contributed by atoms with Crippen molar-refractivity contribution < 1.29 is 39.5 Å². The van der Waals surface area contributed by atoms with E-state index in [2.05, 4.69) is 0 Å². The minimum atomic E-state index is -0.994. The molecule has 0 aliphatic heterocycles. The first-order valence-corrected chi connectivity index (χ1v) is 4.21. The fraction of sp³-hybridized carbons (Fsp3) is 0.625. The zero-order valence-electron chi connectivity index (χ0n) is 7.38. The number of carboxylic acids is 1. The molecule has 4 heteroatoms. The van der Waals surface area contributed by atoms with Crippen LogP contribution in [-0.4, -0.2) is 11.8 Å². The van der Waals surface area contributed by atoms with E-state index in [0.29, 0.717) is 12.3 Å². The SMILES string of the molecule is O=C([O-])CC/C=C/CCCCl.[Na+]. The van der Waals surface area contributed by atoms with Gasteiger partial charge in [0.1, 0.15) is 0 Å². The van der Waals surface area contributed by atoms with E-state index < -0.39 is 5.97 Å². The Kier molecular flexibility index (Phi) is 14.4. The van der Waals surface area contributed by atoms with Crippen LogP contribution < -0.4 is 34.7 Å². The van der Waals surface area contributed by atoms with Gasteiger partial charge in [-0.1, -0.05) is 12.2 Å². The van der Waals surface area contributed by atoms with Gasteiger partial charge in [0.15, 0.2) is 0 Å². The predicted molar refractivity (Wildman–Crippen MR) is 43.3 cm³/mol. The number of unbranched alkanes of at least 4 members (excludes halogenated alkanes) is 1. The van der Waals surface area contributed by atoms with Crippen LogP contribution in [0.2, 0.25) is 0 Å². The molecular weight excluding hydrogens is 187 g/mol. The zero-order chi connectivity index (χ0) is 8.53. The summed E-state index contributed by atoms with van der Waals surface area (Å²) in [6.07, 6.45) is 6.34. The molecule has 0 bridgehead atoms. The summed E-state index contributed by atoms with van der Waals surface area (Å²) in [7, 11) is 0. The molecule has 0 spiro atoms. The van der Waals surface area contributed by atoms with E-state index >= 15 is 0 Å². The molecule has 12 heavy (non-hydrogen) atoms. The fourth-order valence-electron chi connectivity index (χ4n) is 0.632. The Morgan fingerprint density at radius 1 is 1.33 bits per heavy atom. The maximum Gasteiger partial charge on any atom is 1.00 e. The number of halogens is 1. The summed E-state index contributed by atoms with van der Waals surface area (Å²) in [5.41, 5.74) is 0. The molecule has 0 N–H and O–H groups in total. The van der Waals surface area contributed by atoms with Crippen LogP contribution in [0.5, 0.6) is 0 Å². The number of carboxylic acid groups (broad SMARTS) is 1. The van der Waals surface area contributed by atoms with Crippen molar-refractivity contribution in [1.29, 1.82) is 0 Å². The minimum absolute atomic E-state index is 0. The molecule has 0 amide bonds. The number of hydrogen-bond donors (Lipinski definition) is 0. The van der Waals surface area contributed by atoms with Crippen molar-refractivity contribution in [1.82, 2.24) is 0 Å². The molecule has 0 fully saturated rings. The Hall–Kier alpha value is 0.500. The second-order valence-corrected chi connectivity index (χ2v) is 2.59. The van der Waals surface area contributed by atoms with Gasteiger partial charge in [0.2, 0.25) is 0 Å². The fourth-order valence-corrected chi connectivity index (χ4v) is 0.786. The second-order valence-electron chi connectivity index (χ2n) is 2.21. The molecule has 0 aromatic heterocycles. The molecule has 0 saturated carbocycles. The molecule has 0 atom stereocenters. The van der Waals surface area contributed by atoms with E-state index in [4.69, 9.17) is 11.6 Å². The van der Waals surface area contributed by atoms with Gasteiger partial charge in [0, 0.05) is 11.8 Å². The van der Waals surface area contributed by atoms with Crippen molar-refractivity contribution in [3.63, 3.8) is 0 Å². The summed E-state index contributed by atoms with van der Waals surface area (Å²) in [5, 5.41) is 9.92. The molecule has 2 nitrogen and oxygen atoms in total. The Balaban J connectivity index is 0. The van der Waals surface area contributed by atoms with Crippen LogP contribution in [0.4, 0.5) is 0 Å². The topological polar surface area (TPSA) is 40.1 Å². The molecule has 0 radical (unpaired) electrons. The quantitative estimate of drug-likeness (QED) is 0.216. The first-order valence-electron chi connectivity index (χ1n) is 3.68. The van der Waals surface area contributed by atoms with Gasteiger partial charge in [0.05, 0.1) is 0 Å². The molecule has 0 saturated heterocycles. The van der Waals surface area contributed by atoms with Gasteiger partial charge >= 0.3 is 29.6 Å². The van der Waals surface area contributed by atoms with E-state index in [0.717, 1.165) is 12.8 Å². The molecule has 0 aliphatic carbocycles. The van der Waals surface area contributed by atoms with Crippen LogP contribution in [0.15, 0.2) is 12.2 Å². The maximum atomic E-state index is 9.92. The second kappa shape index (κ2) is 11.5. The Labute approximate surface area is 100 Å². The van der Waals surface area contributed by atoms with E-state index in [9.17, 15) is 9.90 Å². The van der Waals surface area contributed by atoms with Crippen LogP contribution in [0.1, 0.15) is 25.7 Å². The smallest absolute Gasteiger partial charge is 0.550 e. The minimum Gasteiger partial charge on any atom is -0.550 e. The number of carbonyl (C=O) groups excluding carboxylic acids is 1. The number of carbonyl (C=O) groups is 1. The third-order valence-electron chi connectivity index (χ3n) is 1.19. The van der Waals surface area contributed by atoms with E-state index in [1.54, 1.807) is 0 Å². The summed E-state index contributed by atoms with van der Waals surface area (Å²) in [5.74, 6) is -0.336. The van der Waals surface area contributed by atoms with E-state index in [1.807, 2.05) is 12.2 Å². The van der Waals surface area contributed by atoms with Crippen molar-refractivity contribution >= 4 is 17.6 Å². The number of allylic oxidation sites excluding steroid dienone is 2. The maximum absolute atomic E-state index is 9.92. The third kappa shape index (κ3) is 13.1. The number of alkyl halides is 1. The first kappa shape index (κ1) is 15.0. The standard InChI is InChI=1S/C8H13ClO2.Na/c9-7-5-3-1-2-4-6-8(10)11;/h1-2H,3-7H2,(H,10,11);/q;+1/p-1/b2-1+;. The average Bonchev–Trinajstić information content (AvgIpc) is 1.96. The van der Waals surface area contributed by atoms with Crippen molar-refractivity contribution in [2.45, 2.75) is 25.7 Å². The Morgan fingerprint density at radius 3 is 2.42 bits per heavy atom. The van der Waals surface area contributed by atoms with Crippen LogP contribution in [0, 0.1) is 0 Å². The van der Waals surface area contributed by atoms with E-state index in [-0.39, 0.29) is 36.0 Å². The van der Waals surface area contributed by atoms with Crippen molar-refractivity contribution in [3.05, 3.63) is 12.2 Å². The van der Waals surface area contributed by atoms with Crippen molar-refractivity contribution in [2.75, 3.05) is 5.88 Å². The van der Waals surface area contributed by atoms with Gasteiger partial charge in [-0.25, -0.2) is 0 Å². The van der Waals surface area contributed by atoms with Gasteiger partial charge in [-0.3, -0.25) is 0 Å². The van der Waals surface area contributed by atoms with Gasteiger partial charge < -0.3 is 9.90 Å². The number of hydrogen-bond acceptors (Lipinski definition) is 2. The molecular formula is C8H12ClNaO2. The molecule has 0 rings (SSSR count). The van der Waals surface area contributed by atoms with Gasteiger partial charge in [0.25, 0.3) is 0 Å². The first-order chi connectivity index (χ1) is 5.27. The van der Waals surface area contributed by atoms with Crippen molar-refractivity contribution in [2.24, 2.45) is 0 Å². The number of rotatable bonds is 6. The number of aliphatic carboxylic acids is 1. The van der Waals surface area contributed by atoms with Crippen LogP contribution in [0.3, 0.4) is 0 Å². The van der Waals surface area contributed by atoms with Crippen LogP contribution >= 0.6 is 11.6 Å². The van der Waals surface area contributed by atoms with Crippen LogP contribution in [-0.2, 0) is 4.79 Å². The molecule has 0 heterocycles. The molecule has 0 aromatic carbocycles. The Morgan fingerprint density at radius 2 is 1.92 bits per heavy atom. The summed E-state index contributed by atoms with van der Waals surface area (Å²) in [6, 6.07) is 0. The summed E-state index contributed by atoms with van der Waals surface area (Å²) >= 11 is 5.43. The predicted octanol–water partition coefficient (Wildman–Crippen LogP) is -1.90. The molecule has 0 aromatic rings. The van der Waals surface area contributed by atoms with Crippen molar-refractivity contribution in [3.8, 4) is 0 Å². The summed E-state index contributed by atoms with van der Waals surface area (Å²) in [6.45, 7) is 0. The molecule has 64 valence electrons.